The summed E-state index contributed by atoms with van der Waals surface area (Å²) in [5.74, 6) is -0.503. The Morgan fingerprint density at radius 1 is 1.23 bits per heavy atom. The van der Waals surface area contributed by atoms with Crippen LogP contribution in [0.5, 0.6) is 0 Å². The molecular formula is C23H31N3O5. The fourth-order valence-corrected chi connectivity index (χ4v) is 5.56. The lowest BCUT2D eigenvalue weighted by atomic mass is 9.75. The number of carbonyl (C=O) groups excluding carboxylic acids is 3. The third kappa shape index (κ3) is 3.74. The summed E-state index contributed by atoms with van der Waals surface area (Å²) < 4.78 is 13.0. The Labute approximate surface area is 182 Å². The monoisotopic (exact) mass is 429 g/mol. The summed E-state index contributed by atoms with van der Waals surface area (Å²) in [6, 6.07) is 0. The summed E-state index contributed by atoms with van der Waals surface area (Å²) in [6.07, 6.45) is 7.85. The van der Waals surface area contributed by atoms with Gasteiger partial charge < -0.3 is 14.4 Å². The first-order chi connectivity index (χ1) is 15.0. The van der Waals surface area contributed by atoms with Crippen molar-refractivity contribution in [3.63, 3.8) is 0 Å². The predicted octanol–water partition coefficient (Wildman–Crippen LogP) is 2.62. The Kier molecular flexibility index (Phi) is 5.26. The molecule has 1 aromatic rings. The van der Waals surface area contributed by atoms with E-state index >= 15 is 0 Å². The fraction of sp³-hybridized carbons (Fsp3) is 0.739. The number of esters is 2. The molecule has 2 saturated carbocycles. The van der Waals surface area contributed by atoms with E-state index in [2.05, 4.69) is 5.10 Å². The fourth-order valence-electron chi connectivity index (χ4n) is 5.56. The molecule has 1 spiro atoms. The van der Waals surface area contributed by atoms with E-state index < -0.39 is 17.5 Å². The summed E-state index contributed by atoms with van der Waals surface area (Å²) >= 11 is 0. The van der Waals surface area contributed by atoms with Gasteiger partial charge in [0.25, 0.3) is 0 Å². The van der Waals surface area contributed by atoms with Crippen LogP contribution in [0.15, 0.2) is 0 Å². The molecule has 3 fully saturated rings. The molecule has 0 bridgehead atoms. The van der Waals surface area contributed by atoms with Crippen molar-refractivity contribution in [3.05, 3.63) is 17.0 Å². The molecule has 0 radical (unpaired) electrons. The zero-order valence-corrected chi connectivity index (χ0v) is 18.2. The van der Waals surface area contributed by atoms with E-state index in [-0.39, 0.29) is 24.9 Å². The minimum atomic E-state index is -0.632. The number of hydrogen-bond donors (Lipinski definition) is 0. The Bertz CT molecular complexity index is 897. The highest BCUT2D eigenvalue weighted by Gasteiger charge is 2.54. The van der Waals surface area contributed by atoms with E-state index in [0.29, 0.717) is 31.1 Å². The van der Waals surface area contributed by atoms with E-state index in [1.54, 1.807) is 11.8 Å². The lowest BCUT2D eigenvalue weighted by molar-refractivity contribution is -0.156. The zero-order chi connectivity index (χ0) is 21.6. The summed E-state index contributed by atoms with van der Waals surface area (Å²) in [6.45, 7) is 3.81. The van der Waals surface area contributed by atoms with Crippen LogP contribution in [0.1, 0.15) is 80.0 Å². The first kappa shape index (κ1) is 20.5. The highest BCUT2D eigenvalue weighted by molar-refractivity contribution is 5.91. The molecule has 2 aliphatic heterocycles. The van der Waals surface area contributed by atoms with Crippen LogP contribution in [0.2, 0.25) is 0 Å². The molecule has 3 heterocycles. The topological polar surface area (TPSA) is 90.7 Å². The van der Waals surface area contributed by atoms with Crippen LogP contribution in [-0.4, -0.2) is 51.3 Å². The molecule has 4 aliphatic rings. The number of amides is 1. The second-order valence-electron chi connectivity index (χ2n) is 9.49. The summed E-state index contributed by atoms with van der Waals surface area (Å²) in [7, 11) is 0. The van der Waals surface area contributed by atoms with Crippen LogP contribution < -0.4 is 0 Å². The minimum Gasteiger partial charge on any atom is -0.461 e. The van der Waals surface area contributed by atoms with Crippen LogP contribution >= 0.6 is 0 Å². The van der Waals surface area contributed by atoms with Crippen molar-refractivity contribution in [2.24, 2.45) is 11.8 Å². The van der Waals surface area contributed by atoms with Gasteiger partial charge in [-0.2, -0.15) is 5.10 Å². The molecular weight excluding hydrogens is 398 g/mol. The van der Waals surface area contributed by atoms with Gasteiger partial charge in [-0.05, 0) is 51.4 Å². The van der Waals surface area contributed by atoms with Crippen LogP contribution in [0.25, 0.3) is 0 Å². The van der Waals surface area contributed by atoms with E-state index in [0.717, 1.165) is 49.9 Å². The molecule has 0 N–H and O–H groups in total. The molecule has 8 heteroatoms. The van der Waals surface area contributed by atoms with Gasteiger partial charge in [0.2, 0.25) is 5.91 Å². The van der Waals surface area contributed by atoms with Crippen LogP contribution in [0, 0.1) is 11.8 Å². The molecule has 1 amide bonds. The summed E-state index contributed by atoms with van der Waals surface area (Å²) in [5.41, 5.74) is 1.56. The number of ether oxygens (including phenoxy) is 2. The maximum absolute atomic E-state index is 13.6. The normalized spacial score (nSPS) is 24.7. The Morgan fingerprint density at radius 3 is 2.71 bits per heavy atom. The average molecular weight is 430 g/mol. The van der Waals surface area contributed by atoms with Gasteiger partial charge in [0.15, 0.2) is 5.69 Å². The molecule has 8 nitrogen and oxygen atoms in total. The molecule has 1 saturated heterocycles. The summed E-state index contributed by atoms with van der Waals surface area (Å²) in [5, 5.41) is 4.60. The second-order valence-corrected chi connectivity index (χ2v) is 9.49. The van der Waals surface area contributed by atoms with Crippen LogP contribution in [0.3, 0.4) is 0 Å². The average Bonchev–Trinajstić information content (AvgIpc) is 3.43. The Morgan fingerprint density at radius 2 is 2.00 bits per heavy atom. The first-order valence-corrected chi connectivity index (χ1v) is 11.8. The lowest BCUT2D eigenvalue weighted by Gasteiger charge is -2.39. The van der Waals surface area contributed by atoms with Crippen molar-refractivity contribution in [1.82, 2.24) is 14.7 Å². The number of carbonyl (C=O) groups is 3. The maximum atomic E-state index is 13.6. The summed E-state index contributed by atoms with van der Waals surface area (Å²) in [4.78, 5) is 40.1. The van der Waals surface area contributed by atoms with Crippen LogP contribution in [0.4, 0.5) is 0 Å². The van der Waals surface area contributed by atoms with Gasteiger partial charge in [0.05, 0.1) is 18.9 Å². The van der Waals surface area contributed by atoms with Gasteiger partial charge in [0, 0.05) is 37.3 Å². The molecule has 1 aromatic heterocycles. The highest BCUT2D eigenvalue weighted by Crippen LogP contribution is 2.45. The smallest absolute Gasteiger partial charge is 0.359 e. The van der Waals surface area contributed by atoms with Crippen molar-refractivity contribution in [1.29, 1.82) is 0 Å². The largest absolute Gasteiger partial charge is 0.461 e. The number of fused-ring (bicyclic) bond motifs is 1. The lowest BCUT2D eigenvalue weighted by Crippen LogP contribution is -2.48. The molecule has 31 heavy (non-hydrogen) atoms. The van der Waals surface area contributed by atoms with Gasteiger partial charge in [-0.3, -0.25) is 14.3 Å². The third-order valence-electron chi connectivity index (χ3n) is 7.36. The van der Waals surface area contributed by atoms with Gasteiger partial charge in [-0.25, -0.2) is 4.79 Å². The van der Waals surface area contributed by atoms with E-state index in [4.69, 9.17) is 9.47 Å². The SMILES string of the molecule is CCOC(=O)c1nn(CC2CC2)c2c1CN(C(=O)[C@H]1CC(=O)OC13CCCCC3)CC2. The molecule has 2 aliphatic carbocycles. The molecule has 168 valence electrons. The number of nitrogens with zero attached hydrogens (tertiary/aromatic N) is 3. The zero-order valence-electron chi connectivity index (χ0n) is 18.2. The van der Waals surface area contributed by atoms with Crippen molar-refractivity contribution < 1.29 is 23.9 Å². The molecule has 5 rings (SSSR count). The van der Waals surface area contributed by atoms with E-state index in [1.807, 2.05) is 4.68 Å². The third-order valence-corrected chi connectivity index (χ3v) is 7.36. The van der Waals surface area contributed by atoms with Crippen molar-refractivity contribution in [2.45, 2.75) is 83.4 Å². The molecule has 0 unspecified atom stereocenters. The minimum absolute atomic E-state index is 0.0249. The van der Waals surface area contributed by atoms with E-state index in [1.165, 1.54) is 12.8 Å². The highest BCUT2D eigenvalue weighted by atomic mass is 16.6. The van der Waals surface area contributed by atoms with Gasteiger partial charge in [0.1, 0.15) is 5.60 Å². The van der Waals surface area contributed by atoms with Crippen molar-refractivity contribution in [2.75, 3.05) is 13.2 Å². The molecule has 0 aromatic carbocycles. The first-order valence-electron chi connectivity index (χ1n) is 11.8. The number of hydrogen-bond acceptors (Lipinski definition) is 6. The standard InChI is InChI=1S/C23H31N3O5/c1-2-30-22(29)20-16-14-25(11-8-18(16)26(24-20)13-15-6-7-15)21(28)17-12-19(27)31-23(17)9-4-3-5-10-23/h15,17H,2-14H2,1H3/t17-/m1/s1. The maximum Gasteiger partial charge on any atom is 0.359 e. The van der Waals surface area contributed by atoms with Gasteiger partial charge in [-0.1, -0.05) is 6.42 Å². The van der Waals surface area contributed by atoms with Crippen molar-refractivity contribution in [3.8, 4) is 0 Å². The van der Waals surface area contributed by atoms with Crippen LogP contribution in [-0.2, 0) is 38.6 Å². The number of aromatic nitrogens is 2. The predicted molar refractivity (Wildman–Crippen MR) is 110 cm³/mol. The molecule has 1 atom stereocenters. The van der Waals surface area contributed by atoms with Gasteiger partial charge >= 0.3 is 11.9 Å². The number of rotatable bonds is 5. The van der Waals surface area contributed by atoms with E-state index in [9.17, 15) is 14.4 Å². The second kappa shape index (κ2) is 7.95. The van der Waals surface area contributed by atoms with Crippen molar-refractivity contribution >= 4 is 17.8 Å². The van der Waals surface area contributed by atoms with Gasteiger partial charge in [-0.15, -0.1) is 0 Å². The Hall–Kier alpha value is -2.38. The Balaban J connectivity index is 1.40. The quantitative estimate of drug-likeness (QED) is 0.669.